The Bertz CT molecular complexity index is 3080. The Labute approximate surface area is 395 Å². The van der Waals surface area contributed by atoms with Crippen molar-refractivity contribution >= 4 is 68.8 Å². The summed E-state index contributed by atoms with van der Waals surface area (Å²) < 4.78 is 29.9. The van der Waals surface area contributed by atoms with Crippen LogP contribution >= 0.6 is 11.6 Å². The molecule has 352 valence electrons. The summed E-state index contributed by atoms with van der Waals surface area (Å²) in [4.78, 5) is 83.3. The van der Waals surface area contributed by atoms with Crippen molar-refractivity contribution in [2.45, 2.75) is 65.1 Å². The van der Waals surface area contributed by atoms with E-state index in [0.29, 0.717) is 84.9 Å². The summed E-state index contributed by atoms with van der Waals surface area (Å²) in [5.41, 5.74) is 4.64. The fourth-order valence-electron chi connectivity index (χ4n) is 9.88. The summed E-state index contributed by atoms with van der Waals surface area (Å²) in [6.07, 6.45) is -0.176. The van der Waals surface area contributed by atoms with Gasteiger partial charge in [-0.25, -0.2) is 9.18 Å². The van der Waals surface area contributed by atoms with Gasteiger partial charge in [0.1, 0.15) is 29.1 Å². The summed E-state index contributed by atoms with van der Waals surface area (Å²) in [5.74, 6) is -3.72. The van der Waals surface area contributed by atoms with Gasteiger partial charge >= 0.3 is 5.97 Å². The van der Waals surface area contributed by atoms with Gasteiger partial charge in [-0.3, -0.25) is 43.8 Å². The van der Waals surface area contributed by atoms with Crippen LogP contribution in [0, 0.1) is 19.7 Å². The van der Waals surface area contributed by atoms with E-state index < -0.39 is 41.7 Å². The van der Waals surface area contributed by atoms with Crippen molar-refractivity contribution < 1.29 is 47.7 Å². The van der Waals surface area contributed by atoms with Crippen LogP contribution in [0.25, 0.3) is 32.8 Å². The number of carbonyl (C=O) groups excluding carboxylic acids is 5. The molecule has 2 N–H and O–H groups in total. The van der Waals surface area contributed by atoms with Gasteiger partial charge in [0, 0.05) is 80.3 Å². The molecule has 6 aromatic rings. The van der Waals surface area contributed by atoms with Crippen LogP contribution in [0.5, 0.6) is 11.5 Å². The van der Waals surface area contributed by atoms with Gasteiger partial charge in [0.2, 0.25) is 11.8 Å². The van der Waals surface area contributed by atoms with E-state index >= 15 is 0 Å². The minimum Gasteiger partial charge on any atom is -0.493 e. The third kappa shape index (κ3) is 8.33. The molecular weight excluding hydrogens is 897 g/mol. The second kappa shape index (κ2) is 18.5. The zero-order chi connectivity index (χ0) is 48.1. The van der Waals surface area contributed by atoms with Gasteiger partial charge < -0.3 is 24.0 Å². The minimum absolute atomic E-state index is 0.00675. The Balaban J connectivity index is 0.912. The lowest BCUT2D eigenvalue weighted by atomic mass is 9.98. The lowest BCUT2D eigenvalue weighted by Gasteiger charge is -2.36. The highest BCUT2D eigenvalue weighted by atomic mass is 35.5. The molecule has 5 heterocycles. The first-order chi connectivity index (χ1) is 32.6. The number of hydrogen-bond donors (Lipinski definition) is 2. The zero-order valence-electron chi connectivity index (χ0n) is 37.9. The molecule has 3 aliphatic rings. The minimum atomic E-state index is -1.14. The maximum Gasteiger partial charge on any atom is 0.352 e. The number of nitrogens with zero attached hydrogens (tertiary/aromatic N) is 6. The molecule has 0 saturated carbocycles. The Morgan fingerprint density at radius 1 is 0.912 bits per heavy atom. The summed E-state index contributed by atoms with van der Waals surface area (Å²) in [5, 5.41) is 20.5. The highest BCUT2D eigenvalue weighted by Gasteiger charge is 2.46. The van der Waals surface area contributed by atoms with Crippen LogP contribution in [0.1, 0.15) is 74.3 Å². The molecule has 3 aliphatic heterocycles. The van der Waals surface area contributed by atoms with Crippen LogP contribution in [0.15, 0.2) is 66.7 Å². The highest BCUT2D eigenvalue weighted by Crippen LogP contribution is 2.42. The molecule has 2 fully saturated rings. The summed E-state index contributed by atoms with van der Waals surface area (Å²) in [6, 6.07) is 17.0. The van der Waals surface area contributed by atoms with Gasteiger partial charge in [0.25, 0.3) is 17.7 Å². The molecule has 0 bridgehead atoms. The third-order valence-corrected chi connectivity index (χ3v) is 13.6. The van der Waals surface area contributed by atoms with Gasteiger partial charge in [0.05, 0.1) is 34.0 Å². The largest absolute Gasteiger partial charge is 0.493 e. The second-order valence-corrected chi connectivity index (χ2v) is 17.8. The topological polar surface area (TPSA) is 186 Å². The number of halogens is 2. The maximum atomic E-state index is 14.0. The number of piperazine rings is 1. The lowest BCUT2D eigenvalue weighted by Crippen LogP contribution is -2.54. The van der Waals surface area contributed by atoms with Crippen molar-refractivity contribution in [3.8, 4) is 22.6 Å². The molecule has 68 heavy (non-hydrogen) atoms. The van der Waals surface area contributed by atoms with Crippen LogP contribution in [-0.2, 0) is 34.4 Å². The molecule has 0 aliphatic carbocycles. The SMILES string of the molecule is Cc1nn(C)c(C)c1-c1c(Cl)ccc2c(CCCOc3cccc4cc(F)ccc34)c(C(=O)O)n(CCN3CCN(C(=O)[C@H](C)Oc4cccc5c4C(=O)N(C4CCC(=O)NC4=O)C5=O)CC3)c12. The molecule has 0 spiro atoms. The number of fused-ring (bicyclic) bond motifs is 3. The Morgan fingerprint density at radius 3 is 2.37 bits per heavy atom. The maximum absolute atomic E-state index is 14.0. The predicted octanol–water partition coefficient (Wildman–Crippen LogP) is 6.33. The Hall–Kier alpha value is -7.11. The van der Waals surface area contributed by atoms with Gasteiger partial charge in [-0.1, -0.05) is 35.9 Å². The van der Waals surface area contributed by atoms with E-state index in [0.717, 1.165) is 32.6 Å². The van der Waals surface area contributed by atoms with E-state index in [1.54, 1.807) is 40.8 Å². The van der Waals surface area contributed by atoms with E-state index in [1.165, 1.54) is 24.3 Å². The van der Waals surface area contributed by atoms with Crippen molar-refractivity contribution in [3.05, 3.63) is 111 Å². The highest BCUT2D eigenvalue weighted by molar-refractivity contribution is 6.35. The number of ether oxygens (including phenoxy) is 2. The summed E-state index contributed by atoms with van der Waals surface area (Å²) in [6.45, 7) is 8.11. The standard InChI is InChI=1S/C50H49ClFN7O9/c1-27-41(28(2)55(4)54-27)43-36(51)16-15-34-33(10-7-25-67-38-11-5-8-30-26-31(52)13-14-32(30)38)45(50(65)66)58(44(34)43)24-21-56-19-22-57(23-20-56)47(62)29(3)68-39-12-6-9-35-42(39)49(64)59(48(35)63)37-17-18-40(60)53-46(37)61/h5-6,8-9,11-16,26,29,37H,7,10,17-25H2,1-4H3,(H,65,66)(H,53,60,61)/t29-,37?/m0/s1. The van der Waals surface area contributed by atoms with Gasteiger partial charge in [0.15, 0.2) is 6.10 Å². The van der Waals surface area contributed by atoms with E-state index in [4.69, 9.17) is 21.1 Å². The summed E-state index contributed by atoms with van der Waals surface area (Å²) in [7, 11) is 1.85. The Morgan fingerprint density at radius 2 is 1.65 bits per heavy atom. The van der Waals surface area contributed by atoms with Gasteiger partial charge in [-0.05, 0) is 93.4 Å². The number of carboxylic acid groups (broad SMARTS) is 1. The average Bonchev–Trinajstić information content (AvgIpc) is 3.87. The molecule has 16 nitrogen and oxygen atoms in total. The van der Waals surface area contributed by atoms with E-state index in [-0.39, 0.29) is 53.7 Å². The first kappa shape index (κ1) is 46.0. The fourth-order valence-corrected chi connectivity index (χ4v) is 10.1. The van der Waals surface area contributed by atoms with Crippen molar-refractivity contribution in [1.82, 2.24) is 34.4 Å². The smallest absolute Gasteiger partial charge is 0.352 e. The number of rotatable bonds is 14. The monoisotopic (exact) mass is 945 g/mol. The van der Waals surface area contributed by atoms with E-state index in [2.05, 4.69) is 15.3 Å². The number of nitrogens with one attached hydrogen (secondary N) is 1. The molecular formula is C50H49ClFN7O9. The van der Waals surface area contributed by atoms with Crippen molar-refractivity contribution in [2.75, 3.05) is 39.3 Å². The van der Waals surface area contributed by atoms with Gasteiger partial charge in [-0.2, -0.15) is 5.10 Å². The first-order valence-electron chi connectivity index (χ1n) is 22.5. The number of aromatic nitrogens is 3. The van der Waals surface area contributed by atoms with Crippen LogP contribution < -0.4 is 14.8 Å². The predicted molar refractivity (Wildman–Crippen MR) is 250 cm³/mol. The number of benzene rings is 4. The van der Waals surface area contributed by atoms with Crippen LogP contribution in [0.3, 0.4) is 0 Å². The molecule has 2 atom stereocenters. The van der Waals surface area contributed by atoms with E-state index in [9.17, 15) is 38.3 Å². The van der Waals surface area contributed by atoms with Crippen molar-refractivity contribution in [2.24, 2.45) is 7.05 Å². The lowest BCUT2D eigenvalue weighted by molar-refractivity contribution is -0.140. The number of aryl methyl sites for hydroxylation is 3. The fraction of sp³-hybridized carbons (Fsp3) is 0.340. The molecule has 0 radical (unpaired) electrons. The molecule has 5 amide bonds. The second-order valence-electron chi connectivity index (χ2n) is 17.4. The molecule has 18 heteroatoms. The molecule has 9 rings (SSSR count). The first-order valence-corrected chi connectivity index (χ1v) is 22.9. The number of hydrogen-bond acceptors (Lipinski definition) is 10. The normalized spacial score (nSPS) is 17.0. The number of amides is 5. The third-order valence-electron chi connectivity index (χ3n) is 13.3. The molecule has 2 saturated heterocycles. The number of piperidine rings is 1. The quantitative estimate of drug-likeness (QED) is 0.0919. The summed E-state index contributed by atoms with van der Waals surface area (Å²) >= 11 is 7.06. The van der Waals surface area contributed by atoms with Crippen LogP contribution in [0.2, 0.25) is 5.02 Å². The number of imide groups is 2. The van der Waals surface area contributed by atoms with Crippen LogP contribution in [-0.4, -0.2) is 121 Å². The Kier molecular flexibility index (Phi) is 12.5. The number of carbonyl (C=O) groups is 6. The number of aromatic carboxylic acids is 1. The van der Waals surface area contributed by atoms with Crippen LogP contribution in [0.4, 0.5) is 4.39 Å². The van der Waals surface area contributed by atoms with Gasteiger partial charge in [-0.15, -0.1) is 0 Å². The average molecular weight is 946 g/mol. The molecule has 2 aromatic heterocycles. The number of carboxylic acids is 1. The van der Waals surface area contributed by atoms with Crippen molar-refractivity contribution in [3.63, 3.8) is 0 Å². The molecule has 1 unspecified atom stereocenters. The van der Waals surface area contributed by atoms with E-state index in [1.807, 2.05) is 43.7 Å². The molecule has 4 aromatic carbocycles. The van der Waals surface area contributed by atoms with Crippen molar-refractivity contribution in [1.29, 1.82) is 0 Å². The zero-order valence-corrected chi connectivity index (χ0v) is 38.7.